The standard InChI is InChI=1S/C22H23N3OS2/c1-15-5-4-6-18(13-15)24-25-21(26)17-11-9-16(10-12-17)14-27-22-23-19-7-2-3-8-20(19)28-22/h2-3,7-12,15H,4-6,13-14H2,1H3,(H,25,26)/b24-18+/t15-/m0/s1. The molecule has 1 aliphatic rings. The average Bonchev–Trinajstić information content (AvgIpc) is 3.14. The van der Waals surface area contributed by atoms with E-state index in [4.69, 9.17) is 0 Å². The van der Waals surface area contributed by atoms with E-state index in [9.17, 15) is 4.79 Å². The molecule has 1 fully saturated rings. The number of fused-ring (bicyclic) bond motifs is 1. The number of nitrogens with one attached hydrogen (secondary N) is 1. The van der Waals surface area contributed by atoms with Crippen LogP contribution >= 0.6 is 23.1 Å². The molecule has 0 aliphatic heterocycles. The number of thiazole rings is 1. The van der Waals surface area contributed by atoms with Gasteiger partial charge in [0, 0.05) is 17.0 Å². The first-order chi connectivity index (χ1) is 13.7. The zero-order valence-corrected chi connectivity index (χ0v) is 17.5. The van der Waals surface area contributed by atoms with Gasteiger partial charge < -0.3 is 0 Å². The minimum atomic E-state index is -0.142. The van der Waals surface area contributed by atoms with E-state index in [1.54, 1.807) is 23.1 Å². The normalized spacial score (nSPS) is 18.5. The molecular formula is C22H23N3OS2. The van der Waals surface area contributed by atoms with Gasteiger partial charge in [-0.05, 0) is 61.4 Å². The lowest BCUT2D eigenvalue weighted by atomic mass is 9.89. The first-order valence-electron chi connectivity index (χ1n) is 9.60. The van der Waals surface area contributed by atoms with Gasteiger partial charge in [0.05, 0.1) is 10.2 Å². The molecule has 4 rings (SSSR count). The molecule has 1 saturated carbocycles. The highest BCUT2D eigenvalue weighted by Crippen LogP contribution is 2.31. The van der Waals surface area contributed by atoms with Crippen LogP contribution < -0.4 is 5.43 Å². The molecule has 0 bridgehead atoms. The Kier molecular flexibility index (Phi) is 6.07. The maximum Gasteiger partial charge on any atom is 0.271 e. The molecule has 144 valence electrons. The van der Waals surface area contributed by atoms with Crippen LogP contribution in [0.15, 0.2) is 58.0 Å². The SMILES string of the molecule is C[C@H]1CCC/C(=N\NC(=O)c2ccc(CSc3nc4ccccc4s3)cc2)C1. The fourth-order valence-electron chi connectivity index (χ4n) is 3.37. The van der Waals surface area contributed by atoms with Crippen LogP contribution in [0.5, 0.6) is 0 Å². The van der Waals surface area contributed by atoms with E-state index in [2.05, 4.69) is 28.5 Å². The van der Waals surface area contributed by atoms with Gasteiger partial charge in [-0.3, -0.25) is 4.79 Å². The zero-order valence-electron chi connectivity index (χ0n) is 15.9. The van der Waals surface area contributed by atoms with E-state index in [1.165, 1.54) is 16.7 Å². The number of aromatic nitrogens is 1. The third kappa shape index (κ3) is 4.80. The van der Waals surface area contributed by atoms with Crippen molar-refractivity contribution in [2.24, 2.45) is 11.0 Å². The Balaban J connectivity index is 1.32. The lowest BCUT2D eigenvalue weighted by Crippen LogP contribution is -2.22. The summed E-state index contributed by atoms with van der Waals surface area (Å²) in [7, 11) is 0. The van der Waals surface area contributed by atoms with E-state index in [0.717, 1.165) is 40.6 Å². The van der Waals surface area contributed by atoms with Crippen molar-refractivity contribution in [2.75, 3.05) is 0 Å². The Labute approximate surface area is 173 Å². The van der Waals surface area contributed by atoms with E-state index >= 15 is 0 Å². The zero-order chi connectivity index (χ0) is 19.3. The second-order valence-electron chi connectivity index (χ2n) is 7.25. The molecule has 3 aromatic rings. The molecule has 1 N–H and O–H groups in total. The van der Waals surface area contributed by atoms with E-state index in [0.29, 0.717) is 11.5 Å². The number of nitrogens with zero attached hydrogens (tertiary/aromatic N) is 2. The fourth-order valence-corrected chi connectivity index (χ4v) is 5.39. The highest BCUT2D eigenvalue weighted by Gasteiger charge is 2.14. The van der Waals surface area contributed by atoms with Crippen molar-refractivity contribution < 1.29 is 4.79 Å². The number of benzene rings is 2. The molecule has 1 aromatic heterocycles. The number of carbonyl (C=O) groups excluding carboxylic acids is 1. The minimum Gasteiger partial charge on any atom is -0.267 e. The van der Waals surface area contributed by atoms with Gasteiger partial charge in [-0.1, -0.05) is 43.0 Å². The summed E-state index contributed by atoms with van der Waals surface area (Å²) in [6.07, 6.45) is 4.40. The molecule has 1 heterocycles. The van der Waals surface area contributed by atoms with Gasteiger partial charge in [0.25, 0.3) is 5.91 Å². The summed E-state index contributed by atoms with van der Waals surface area (Å²) in [5.41, 5.74) is 6.69. The third-order valence-corrected chi connectivity index (χ3v) is 7.17. The third-order valence-electron chi connectivity index (χ3n) is 4.91. The summed E-state index contributed by atoms with van der Waals surface area (Å²) < 4.78 is 2.28. The fraction of sp³-hybridized carbons (Fsp3) is 0.318. The average molecular weight is 410 g/mol. The molecule has 4 nitrogen and oxygen atoms in total. The summed E-state index contributed by atoms with van der Waals surface area (Å²) in [6.45, 7) is 2.24. The number of thioether (sulfide) groups is 1. The predicted octanol–water partition coefficient (Wildman–Crippen LogP) is 5.88. The number of hydrazone groups is 1. The summed E-state index contributed by atoms with van der Waals surface area (Å²) in [4.78, 5) is 17.0. The Morgan fingerprint density at radius 2 is 2.07 bits per heavy atom. The predicted molar refractivity (Wildman–Crippen MR) is 118 cm³/mol. The van der Waals surface area contributed by atoms with Crippen molar-refractivity contribution in [1.82, 2.24) is 10.4 Å². The quantitative estimate of drug-likeness (QED) is 0.422. The molecular weight excluding hydrogens is 386 g/mol. The first kappa shape index (κ1) is 19.2. The molecule has 1 aliphatic carbocycles. The van der Waals surface area contributed by atoms with E-state index < -0.39 is 0 Å². The summed E-state index contributed by atoms with van der Waals surface area (Å²) in [5, 5.41) is 4.34. The van der Waals surface area contributed by atoms with Crippen LogP contribution in [-0.4, -0.2) is 16.6 Å². The molecule has 0 unspecified atom stereocenters. The second kappa shape index (κ2) is 8.88. The van der Waals surface area contributed by atoms with Crippen LogP contribution in [0.1, 0.15) is 48.5 Å². The van der Waals surface area contributed by atoms with Crippen LogP contribution in [-0.2, 0) is 5.75 Å². The molecule has 1 amide bonds. The monoisotopic (exact) mass is 409 g/mol. The van der Waals surface area contributed by atoms with Crippen molar-refractivity contribution in [3.8, 4) is 0 Å². The van der Waals surface area contributed by atoms with Gasteiger partial charge >= 0.3 is 0 Å². The molecule has 2 aromatic carbocycles. The lowest BCUT2D eigenvalue weighted by Gasteiger charge is -2.18. The Bertz CT molecular complexity index is 961. The molecule has 28 heavy (non-hydrogen) atoms. The Morgan fingerprint density at radius 3 is 2.86 bits per heavy atom. The van der Waals surface area contributed by atoms with Gasteiger partial charge in [-0.25, -0.2) is 10.4 Å². The number of carbonyl (C=O) groups is 1. The van der Waals surface area contributed by atoms with Gasteiger partial charge in [-0.2, -0.15) is 5.10 Å². The second-order valence-corrected chi connectivity index (χ2v) is 9.51. The smallest absolute Gasteiger partial charge is 0.267 e. The highest BCUT2D eigenvalue weighted by molar-refractivity contribution is 8.00. The summed E-state index contributed by atoms with van der Waals surface area (Å²) in [6, 6.07) is 15.9. The van der Waals surface area contributed by atoms with E-state index in [1.807, 2.05) is 42.5 Å². The van der Waals surface area contributed by atoms with Crippen molar-refractivity contribution in [1.29, 1.82) is 0 Å². The number of rotatable bonds is 5. The first-order valence-corrected chi connectivity index (χ1v) is 11.4. The van der Waals surface area contributed by atoms with Crippen LogP contribution in [0.25, 0.3) is 10.2 Å². The summed E-state index contributed by atoms with van der Waals surface area (Å²) in [5.74, 6) is 1.36. The number of amides is 1. The Hall–Kier alpha value is -2.18. The molecule has 0 spiro atoms. The molecule has 0 saturated heterocycles. The van der Waals surface area contributed by atoms with Crippen LogP contribution in [0.3, 0.4) is 0 Å². The largest absolute Gasteiger partial charge is 0.271 e. The maximum absolute atomic E-state index is 12.3. The van der Waals surface area contributed by atoms with Crippen molar-refractivity contribution in [3.63, 3.8) is 0 Å². The lowest BCUT2D eigenvalue weighted by molar-refractivity contribution is 0.0954. The number of hydrogen-bond donors (Lipinski definition) is 1. The van der Waals surface area contributed by atoms with Crippen molar-refractivity contribution in [3.05, 3.63) is 59.7 Å². The summed E-state index contributed by atoms with van der Waals surface area (Å²) >= 11 is 3.45. The Morgan fingerprint density at radius 1 is 1.25 bits per heavy atom. The molecule has 6 heteroatoms. The minimum absolute atomic E-state index is 0.142. The highest BCUT2D eigenvalue weighted by atomic mass is 32.2. The number of para-hydroxylation sites is 1. The molecule has 0 radical (unpaired) electrons. The van der Waals surface area contributed by atoms with Gasteiger partial charge in [0.1, 0.15) is 0 Å². The topological polar surface area (TPSA) is 54.4 Å². The van der Waals surface area contributed by atoms with Gasteiger partial charge in [0.2, 0.25) is 0 Å². The van der Waals surface area contributed by atoms with Gasteiger partial charge in [-0.15, -0.1) is 11.3 Å². The van der Waals surface area contributed by atoms with Crippen molar-refractivity contribution >= 4 is 44.9 Å². The van der Waals surface area contributed by atoms with E-state index in [-0.39, 0.29) is 5.91 Å². The van der Waals surface area contributed by atoms with Crippen molar-refractivity contribution in [2.45, 2.75) is 42.7 Å². The van der Waals surface area contributed by atoms with Gasteiger partial charge in [0.15, 0.2) is 4.34 Å². The maximum atomic E-state index is 12.3. The number of hydrogen-bond acceptors (Lipinski definition) is 5. The van der Waals surface area contributed by atoms with Crippen LogP contribution in [0.2, 0.25) is 0 Å². The van der Waals surface area contributed by atoms with Crippen LogP contribution in [0.4, 0.5) is 0 Å². The molecule has 1 atom stereocenters. The van der Waals surface area contributed by atoms with Crippen LogP contribution in [0, 0.1) is 5.92 Å².